The number of benzene rings is 2. The molecule has 0 fully saturated rings. The molecule has 0 unspecified atom stereocenters. The van der Waals surface area contributed by atoms with Crippen LogP contribution in [0.15, 0.2) is 53.7 Å². The molecule has 1 heterocycles. The minimum atomic E-state index is -0.413. The maximum absolute atomic E-state index is 12.4. The molecule has 0 aliphatic heterocycles. The Balaban J connectivity index is 1.64. The van der Waals surface area contributed by atoms with Gasteiger partial charge in [0.15, 0.2) is 5.82 Å². The van der Waals surface area contributed by atoms with E-state index in [4.69, 9.17) is 16.9 Å². The van der Waals surface area contributed by atoms with Crippen molar-refractivity contribution >= 4 is 35.0 Å². The Bertz CT molecular complexity index is 967. The van der Waals surface area contributed by atoms with Crippen LogP contribution in [0.1, 0.15) is 12.5 Å². The number of thioether (sulfide) groups is 1. The molecule has 2 N–H and O–H groups in total. The summed E-state index contributed by atoms with van der Waals surface area (Å²) in [5.41, 5.74) is 1.82. The second kappa shape index (κ2) is 8.04. The van der Waals surface area contributed by atoms with Crippen molar-refractivity contribution in [1.29, 1.82) is 5.26 Å². The first-order valence-corrected chi connectivity index (χ1v) is 8.97. The number of amides is 1. The van der Waals surface area contributed by atoms with Crippen LogP contribution in [0.25, 0.3) is 11.4 Å². The molecule has 3 rings (SSSR count). The Labute approximate surface area is 159 Å². The molecule has 130 valence electrons. The van der Waals surface area contributed by atoms with E-state index in [2.05, 4.69) is 20.5 Å². The summed E-state index contributed by atoms with van der Waals surface area (Å²) < 4.78 is 0. The van der Waals surface area contributed by atoms with Gasteiger partial charge in [-0.25, -0.2) is 4.98 Å². The molecule has 6 nitrogen and oxygen atoms in total. The lowest BCUT2D eigenvalue weighted by atomic mass is 10.2. The van der Waals surface area contributed by atoms with Crippen molar-refractivity contribution in [3.8, 4) is 17.5 Å². The SMILES string of the molecule is C[C@@H](Sc1n[nH]c(-c2ccccc2)n1)C(=O)Nc1ccc(C#N)c(Cl)c1. The summed E-state index contributed by atoms with van der Waals surface area (Å²) in [6.45, 7) is 1.77. The molecular weight excluding hydrogens is 370 g/mol. The van der Waals surface area contributed by atoms with Gasteiger partial charge in [0.1, 0.15) is 6.07 Å². The van der Waals surface area contributed by atoms with Gasteiger partial charge in [-0.1, -0.05) is 53.7 Å². The fraction of sp³-hybridized carbons (Fsp3) is 0.111. The second-order valence-corrected chi connectivity index (χ2v) is 7.10. The Morgan fingerprint density at radius 3 is 2.77 bits per heavy atom. The molecular formula is C18H14ClN5OS. The minimum Gasteiger partial charge on any atom is -0.325 e. The van der Waals surface area contributed by atoms with Crippen LogP contribution >= 0.6 is 23.4 Å². The van der Waals surface area contributed by atoms with E-state index in [-0.39, 0.29) is 5.91 Å². The number of anilines is 1. The zero-order valence-electron chi connectivity index (χ0n) is 13.7. The third kappa shape index (κ3) is 4.23. The Morgan fingerprint density at radius 2 is 2.08 bits per heavy atom. The van der Waals surface area contributed by atoms with Gasteiger partial charge in [-0.05, 0) is 25.1 Å². The molecule has 0 radical (unpaired) electrons. The van der Waals surface area contributed by atoms with Crippen molar-refractivity contribution in [3.05, 3.63) is 59.1 Å². The number of nitriles is 1. The number of nitrogens with one attached hydrogen (secondary N) is 2. The van der Waals surface area contributed by atoms with Crippen molar-refractivity contribution in [2.75, 3.05) is 5.32 Å². The van der Waals surface area contributed by atoms with Gasteiger partial charge in [-0.15, -0.1) is 5.10 Å². The van der Waals surface area contributed by atoms with Gasteiger partial charge in [0, 0.05) is 11.3 Å². The largest absolute Gasteiger partial charge is 0.325 e. The lowest BCUT2D eigenvalue weighted by Gasteiger charge is -2.10. The summed E-state index contributed by atoms with van der Waals surface area (Å²) in [4.78, 5) is 16.8. The minimum absolute atomic E-state index is 0.207. The maximum atomic E-state index is 12.4. The van der Waals surface area contributed by atoms with Crippen molar-refractivity contribution in [3.63, 3.8) is 0 Å². The maximum Gasteiger partial charge on any atom is 0.237 e. The predicted octanol–water partition coefficient (Wildman–Crippen LogP) is 4.12. The molecule has 1 atom stereocenters. The molecule has 8 heteroatoms. The number of carbonyl (C=O) groups excluding carboxylic acids is 1. The first-order chi connectivity index (χ1) is 12.6. The zero-order chi connectivity index (χ0) is 18.5. The van der Waals surface area contributed by atoms with Gasteiger partial charge in [0.2, 0.25) is 11.1 Å². The fourth-order valence-electron chi connectivity index (χ4n) is 2.16. The number of aromatic amines is 1. The lowest BCUT2D eigenvalue weighted by molar-refractivity contribution is -0.115. The quantitative estimate of drug-likeness (QED) is 0.646. The topological polar surface area (TPSA) is 94.5 Å². The third-order valence-electron chi connectivity index (χ3n) is 3.52. The van der Waals surface area contributed by atoms with Crippen LogP contribution in [0.5, 0.6) is 0 Å². The van der Waals surface area contributed by atoms with Gasteiger partial charge in [0.05, 0.1) is 15.8 Å². The highest BCUT2D eigenvalue weighted by Crippen LogP contribution is 2.25. The van der Waals surface area contributed by atoms with Gasteiger partial charge in [0.25, 0.3) is 0 Å². The Hall–Kier alpha value is -2.82. The van der Waals surface area contributed by atoms with Crippen LogP contribution in [-0.4, -0.2) is 26.3 Å². The Kier molecular flexibility index (Phi) is 5.56. The first kappa shape index (κ1) is 18.0. The summed E-state index contributed by atoms with van der Waals surface area (Å²) in [6.07, 6.45) is 0. The van der Waals surface area contributed by atoms with E-state index >= 15 is 0 Å². The van der Waals surface area contributed by atoms with Gasteiger partial charge in [-0.2, -0.15) is 5.26 Å². The third-order valence-corrected chi connectivity index (χ3v) is 4.79. The number of carbonyl (C=O) groups is 1. The van der Waals surface area contributed by atoms with E-state index in [1.165, 1.54) is 11.8 Å². The van der Waals surface area contributed by atoms with Crippen LogP contribution in [0, 0.1) is 11.3 Å². The van der Waals surface area contributed by atoms with Crippen molar-refractivity contribution in [1.82, 2.24) is 15.2 Å². The second-order valence-electron chi connectivity index (χ2n) is 5.39. The van der Waals surface area contributed by atoms with Crippen LogP contribution in [0.4, 0.5) is 5.69 Å². The summed E-state index contributed by atoms with van der Waals surface area (Å²) in [7, 11) is 0. The number of rotatable bonds is 5. The van der Waals surface area contributed by atoms with E-state index in [0.29, 0.717) is 27.3 Å². The molecule has 1 amide bonds. The summed E-state index contributed by atoms with van der Waals surface area (Å²) in [5.74, 6) is 0.446. The van der Waals surface area contributed by atoms with Crippen molar-refractivity contribution in [2.45, 2.75) is 17.3 Å². The molecule has 3 aromatic rings. The molecule has 0 aliphatic carbocycles. The molecule has 0 aliphatic rings. The lowest BCUT2D eigenvalue weighted by Crippen LogP contribution is -2.22. The molecule has 2 aromatic carbocycles. The Morgan fingerprint density at radius 1 is 1.31 bits per heavy atom. The number of aromatic nitrogens is 3. The number of hydrogen-bond donors (Lipinski definition) is 2. The van der Waals surface area contributed by atoms with Gasteiger partial charge < -0.3 is 5.32 Å². The van der Waals surface area contributed by atoms with Crippen LogP contribution in [0.3, 0.4) is 0 Å². The van der Waals surface area contributed by atoms with Crippen LogP contribution < -0.4 is 5.32 Å². The van der Waals surface area contributed by atoms with Gasteiger partial charge in [-0.3, -0.25) is 9.89 Å². The highest BCUT2D eigenvalue weighted by atomic mass is 35.5. The smallest absolute Gasteiger partial charge is 0.237 e. The highest BCUT2D eigenvalue weighted by molar-refractivity contribution is 8.00. The van der Waals surface area contributed by atoms with E-state index in [1.807, 2.05) is 36.4 Å². The van der Waals surface area contributed by atoms with Crippen LogP contribution in [0.2, 0.25) is 5.02 Å². The number of nitrogens with zero attached hydrogens (tertiary/aromatic N) is 3. The summed E-state index contributed by atoms with van der Waals surface area (Å²) in [5, 5.41) is 19.1. The number of halogens is 1. The number of hydrogen-bond acceptors (Lipinski definition) is 5. The molecule has 26 heavy (non-hydrogen) atoms. The van der Waals surface area contributed by atoms with Crippen LogP contribution in [-0.2, 0) is 4.79 Å². The van der Waals surface area contributed by atoms with E-state index in [9.17, 15) is 4.79 Å². The molecule has 0 saturated heterocycles. The zero-order valence-corrected chi connectivity index (χ0v) is 15.3. The molecule has 0 spiro atoms. The normalized spacial score (nSPS) is 11.6. The monoisotopic (exact) mass is 383 g/mol. The first-order valence-electron chi connectivity index (χ1n) is 7.72. The standard InChI is InChI=1S/C18H14ClN5OS/c1-11(17(25)21-14-8-7-13(10-20)15(19)9-14)26-18-22-16(23-24-18)12-5-3-2-4-6-12/h2-9,11H,1H3,(H,21,25)(H,22,23,24)/t11-/m1/s1. The van der Waals surface area contributed by atoms with Crippen molar-refractivity contribution in [2.24, 2.45) is 0 Å². The average Bonchev–Trinajstić information content (AvgIpc) is 3.11. The van der Waals surface area contributed by atoms with Gasteiger partial charge >= 0.3 is 0 Å². The molecule has 0 bridgehead atoms. The predicted molar refractivity (Wildman–Crippen MR) is 102 cm³/mol. The summed E-state index contributed by atoms with van der Waals surface area (Å²) >= 11 is 7.23. The van der Waals surface area contributed by atoms with E-state index < -0.39 is 5.25 Å². The summed E-state index contributed by atoms with van der Waals surface area (Å²) in [6, 6.07) is 16.4. The molecule has 0 saturated carbocycles. The average molecular weight is 384 g/mol. The number of H-pyrrole nitrogens is 1. The fourth-order valence-corrected chi connectivity index (χ4v) is 3.11. The highest BCUT2D eigenvalue weighted by Gasteiger charge is 2.18. The molecule has 1 aromatic heterocycles. The van der Waals surface area contributed by atoms with E-state index in [0.717, 1.165) is 5.56 Å². The van der Waals surface area contributed by atoms with E-state index in [1.54, 1.807) is 25.1 Å². The van der Waals surface area contributed by atoms with Crippen molar-refractivity contribution < 1.29 is 4.79 Å².